The Morgan fingerprint density at radius 1 is 1.27 bits per heavy atom. The maximum Gasteiger partial charge on any atom is 0.173 e. The van der Waals surface area contributed by atoms with Crippen molar-refractivity contribution in [2.75, 3.05) is 0 Å². The van der Waals surface area contributed by atoms with Crippen LogP contribution in [0.4, 0.5) is 0 Å². The minimum atomic E-state index is -1.33. The molecule has 0 aromatic heterocycles. The van der Waals surface area contributed by atoms with Crippen LogP contribution in [0.2, 0.25) is 0 Å². The highest BCUT2D eigenvalue weighted by Gasteiger charge is 2.51. The molecule has 3 nitrogen and oxygen atoms in total. The molecule has 3 heteroatoms. The lowest BCUT2D eigenvalue weighted by Crippen LogP contribution is -2.46. The molecule has 1 aliphatic rings. The van der Waals surface area contributed by atoms with Crippen molar-refractivity contribution in [3.8, 4) is 6.07 Å². The smallest absolute Gasteiger partial charge is 0.173 e. The predicted octanol–water partition coefficient (Wildman–Crippen LogP) is 2.25. The van der Waals surface area contributed by atoms with Crippen molar-refractivity contribution in [1.29, 1.82) is 5.26 Å². The highest BCUT2D eigenvalue weighted by atomic mass is 16.2. The van der Waals surface area contributed by atoms with E-state index in [0.29, 0.717) is 25.7 Å². The van der Waals surface area contributed by atoms with Crippen LogP contribution in [0.25, 0.3) is 0 Å². The van der Waals surface area contributed by atoms with E-state index in [4.69, 9.17) is 5.26 Å². The molecule has 0 amide bonds. The van der Waals surface area contributed by atoms with Crippen molar-refractivity contribution < 1.29 is 9.59 Å². The molecule has 15 heavy (non-hydrogen) atoms. The molecule has 0 spiro atoms. The van der Waals surface area contributed by atoms with E-state index in [9.17, 15) is 9.59 Å². The number of hydrogen-bond donors (Lipinski definition) is 0. The molecule has 82 valence electrons. The number of rotatable bonds is 2. The van der Waals surface area contributed by atoms with E-state index in [2.05, 4.69) is 0 Å². The Morgan fingerprint density at radius 3 is 2.07 bits per heavy atom. The molecule has 0 aliphatic heterocycles. The van der Waals surface area contributed by atoms with E-state index >= 15 is 0 Å². The number of carbonyl (C=O) groups is 2. The average molecular weight is 207 g/mol. The predicted molar refractivity (Wildman–Crippen MR) is 56.0 cm³/mol. The van der Waals surface area contributed by atoms with Gasteiger partial charge in [0.2, 0.25) is 0 Å². The van der Waals surface area contributed by atoms with Gasteiger partial charge in [0.15, 0.2) is 17.0 Å². The van der Waals surface area contributed by atoms with Crippen LogP contribution in [-0.4, -0.2) is 11.6 Å². The molecule has 0 bridgehead atoms. The Balaban J connectivity index is 3.06. The zero-order chi connectivity index (χ0) is 11.7. The normalized spacial score (nSPS) is 23.6. The first kappa shape index (κ1) is 11.9. The highest BCUT2D eigenvalue weighted by Crippen LogP contribution is 2.42. The van der Waals surface area contributed by atoms with Gasteiger partial charge < -0.3 is 0 Å². The van der Waals surface area contributed by atoms with Crippen molar-refractivity contribution in [2.24, 2.45) is 10.8 Å². The molecule has 0 heterocycles. The monoisotopic (exact) mass is 207 g/mol. The summed E-state index contributed by atoms with van der Waals surface area (Å²) in [5.41, 5.74) is -1.60. The van der Waals surface area contributed by atoms with Gasteiger partial charge in [0, 0.05) is 12.8 Å². The lowest BCUT2D eigenvalue weighted by molar-refractivity contribution is -0.144. The summed E-state index contributed by atoms with van der Waals surface area (Å²) in [5.74, 6) is -0.374. The standard InChI is InChI=1S/C12H17NO2/c1-4-5-12(8-13)9(14)6-11(2,3)7-10(12)15/h4-7H2,1-3H3. The van der Waals surface area contributed by atoms with Crippen LogP contribution in [0, 0.1) is 22.2 Å². The molecule has 1 saturated carbocycles. The quantitative estimate of drug-likeness (QED) is 0.652. The number of nitrogens with zero attached hydrogens (tertiary/aromatic N) is 1. The van der Waals surface area contributed by atoms with Crippen LogP contribution in [-0.2, 0) is 9.59 Å². The van der Waals surface area contributed by atoms with Gasteiger partial charge in [-0.25, -0.2) is 0 Å². The van der Waals surface area contributed by atoms with Gasteiger partial charge in [0.1, 0.15) is 0 Å². The third-order valence-electron chi connectivity index (χ3n) is 3.05. The second-order valence-electron chi connectivity index (χ2n) is 5.13. The summed E-state index contributed by atoms with van der Waals surface area (Å²) in [6.45, 7) is 5.69. The Labute approximate surface area is 90.5 Å². The third kappa shape index (κ3) is 1.94. The van der Waals surface area contributed by atoms with Gasteiger partial charge in [-0.1, -0.05) is 27.2 Å². The first-order chi connectivity index (χ1) is 6.88. The van der Waals surface area contributed by atoms with Crippen LogP contribution < -0.4 is 0 Å². The summed E-state index contributed by atoms with van der Waals surface area (Å²) in [4.78, 5) is 23.8. The molecule has 1 aliphatic carbocycles. The minimum Gasteiger partial charge on any atom is -0.297 e. The van der Waals surface area contributed by atoms with E-state index in [1.54, 1.807) is 0 Å². The van der Waals surface area contributed by atoms with Crippen molar-refractivity contribution in [2.45, 2.75) is 46.5 Å². The van der Waals surface area contributed by atoms with Gasteiger partial charge in [-0.2, -0.15) is 5.26 Å². The van der Waals surface area contributed by atoms with Gasteiger partial charge in [-0.15, -0.1) is 0 Å². The fourth-order valence-corrected chi connectivity index (χ4v) is 2.22. The first-order valence-electron chi connectivity index (χ1n) is 5.36. The van der Waals surface area contributed by atoms with E-state index in [-0.39, 0.29) is 17.0 Å². The number of carbonyl (C=O) groups excluding carboxylic acids is 2. The molecule has 0 saturated heterocycles. The second-order valence-corrected chi connectivity index (χ2v) is 5.13. The van der Waals surface area contributed by atoms with Crippen molar-refractivity contribution in [1.82, 2.24) is 0 Å². The second kappa shape index (κ2) is 3.77. The van der Waals surface area contributed by atoms with Crippen LogP contribution in [0.3, 0.4) is 0 Å². The van der Waals surface area contributed by atoms with Crippen LogP contribution >= 0.6 is 0 Å². The molecule has 0 N–H and O–H groups in total. The zero-order valence-corrected chi connectivity index (χ0v) is 9.59. The molecule has 1 fully saturated rings. The Kier molecular flexibility index (Phi) is 2.99. The third-order valence-corrected chi connectivity index (χ3v) is 3.05. The highest BCUT2D eigenvalue weighted by molar-refractivity contribution is 6.12. The lowest BCUT2D eigenvalue weighted by atomic mass is 9.62. The number of Topliss-reactive ketones (excluding diaryl/α,β-unsaturated/α-hetero) is 2. The van der Waals surface area contributed by atoms with Crippen LogP contribution in [0.1, 0.15) is 46.5 Å². The van der Waals surface area contributed by atoms with Crippen LogP contribution in [0.5, 0.6) is 0 Å². The fourth-order valence-electron chi connectivity index (χ4n) is 2.22. The molecule has 0 unspecified atom stereocenters. The molecule has 0 atom stereocenters. The molecule has 0 radical (unpaired) electrons. The SMILES string of the molecule is CCCC1(C#N)C(=O)CC(C)(C)CC1=O. The Bertz CT molecular complexity index is 316. The maximum absolute atomic E-state index is 11.9. The van der Waals surface area contributed by atoms with Crippen molar-refractivity contribution in [3.63, 3.8) is 0 Å². The van der Waals surface area contributed by atoms with Gasteiger partial charge in [-0.3, -0.25) is 9.59 Å². The van der Waals surface area contributed by atoms with E-state index < -0.39 is 5.41 Å². The molecule has 0 aromatic carbocycles. The largest absolute Gasteiger partial charge is 0.297 e. The fraction of sp³-hybridized carbons (Fsp3) is 0.750. The Morgan fingerprint density at radius 2 is 1.73 bits per heavy atom. The summed E-state index contributed by atoms with van der Waals surface area (Å²) in [6.07, 6.45) is 1.74. The summed E-state index contributed by atoms with van der Waals surface area (Å²) in [7, 11) is 0. The topological polar surface area (TPSA) is 57.9 Å². The van der Waals surface area contributed by atoms with Gasteiger partial charge >= 0.3 is 0 Å². The van der Waals surface area contributed by atoms with E-state index in [1.807, 2.05) is 26.8 Å². The molecule has 1 rings (SSSR count). The number of ketones is 2. The molecular weight excluding hydrogens is 190 g/mol. The van der Waals surface area contributed by atoms with Gasteiger partial charge in [0.05, 0.1) is 6.07 Å². The van der Waals surface area contributed by atoms with Gasteiger partial charge in [0.25, 0.3) is 0 Å². The first-order valence-corrected chi connectivity index (χ1v) is 5.36. The molecule has 0 aromatic rings. The van der Waals surface area contributed by atoms with Gasteiger partial charge in [-0.05, 0) is 11.8 Å². The Hall–Kier alpha value is -1.17. The summed E-state index contributed by atoms with van der Waals surface area (Å²) in [5, 5.41) is 9.09. The van der Waals surface area contributed by atoms with Crippen LogP contribution in [0.15, 0.2) is 0 Å². The minimum absolute atomic E-state index is 0.187. The van der Waals surface area contributed by atoms with E-state index in [1.165, 1.54) is 0 Å². The summed E-state index contributed by atoms with van der Waals surface area (Å²) >= 11 is 0. The lowest BCUT2D eigenvalue weighted by Gasteiger charge is -2.36. The maximum atomic E-state index is 11.9. The average Bonchev–Trinajstić information content (AvgIpc) is 2.10. The van der Waals surface area contributed by atoms with E-state index in [0.717, 1.165) is 0 Å². The van der Waals surface area contributed by atoms with Crippen molar-refractivity contribution >= 4 is 11.6 Å². The zero-order valence-electron chi connectivity index (χ0n) is 9.59. The summed E-state index contributed by atoms with van der Waals surface area (Å²) in [6, 6.07) is 1.96. The van der Waals surface area contributed by atoms with Crippen molar-refractivity contribution in [3.05, 3.63) is 0 Å². The summed E-state index contributed by atoms with van der Waals surface area (Å²) < 4.78 is 0. The number of nitriles is 1. The molecular formula is C12H17NO2. The number of hydrogen-bond acceptors (Lipinski definition) is 3.